The van der Waals surface area contributed by atoms with E-state index < -0.39 is 0 Å². The molecule has 1 aliphatic rings. The van der Waals surface area contributed by atoms with Gasteiger partial charge in [-0.05, 0) is 44.1 Å². The van der Waals surface area contributed by atoms with Crippen LogP contribution in [0.25, 0.3) is 10.2 Å². The Kier molecular flexibility index (Phi) is 3.80. The number of thiophene rings is 1. The predicted molar refractivity (Wildman–Crippen MR) is 85.7 cm³/mol. The highest BCUT2D eigenvalue weighted by Crippen LogP contribution is 2.35. The molecular weight excluding hydrogens is 284 g/mol. The number of piperidine rings is 1. The summed E-state index contributed by atoms with van der Waals surface area (Å²) in [6.45, 7) is 4.94. The molecule has 1 atom stereocenters. The third-order valence-corrected chi connectivity index (χ3v) is 5.04. The largest absolute Gasteiger partial charge is 0.370 e. The number of carbonyl (C=O) groups excluding carboxylic acids is 1. The Morgan fingerprint density at radius 1 is 1.43 bits per heavy atom. The first-order chi connectivity index (χ1) is 10.1. The van der Waals surface area contributed by atoms with Crippen molar-refractivity contribution in [3.05, 3.63) is 16.8 Å². The first kappa shape index (κ1) is 14.3. The lowest BCUT2D eigenvalue weighted by Gasteiger charge is -2.36. The van der Waals surface area contributed by atoms with Crippen LogP contribution in [0, 0.1) is 13.8 Å². The van der Waals surface area contributed by atoms with E-state index in [0.717, 1.165) is 47.7 Å². The minimum Gasteiger partial charge on any atom is -0.370 e. The average Bonchev–Trinajstić information content (AvgIpc) is 2.79. The molecule has 2 aromatic heterocycles. The van der Waals surface area contributed by atoms with Crippen LogP contribution in [0.4, 0.5) is 5.82 Å². The fraction of sp³-hybridized carbons (Fsp3) is 0.533. The van der Waals surface area contributed by atoms with Crippen LogP contribution in [0.3, 0.4) is 0 Å². The van der Waals surface area contributed by atoms with Gasteiger partial charge < -0.3 is 10.6 Å². The Hall–Kier alpha value is -1.69. The second kappa shape index (κ2) is 5.60. The number of primary amides is 1. The maximum atomic E-state index is 11.4. The molecule has 0 unspecified atom stereocenters. The van der Waals surface area contributed by atoms with Crippen molar-refractivity contribution in [1.29, 1.82) is 0 Å². The lowest BCUT2D eigenvalue weighted by atomic mass is 9.98. The number of nitrogens with two attached hydrogens (primary N) is 1. The van der Waals surface area contributed by atoms with Crippen molar-refractivity contribution in [1.82, 2.24) is 9.97 Å². The number of aromatic nitrogens is 2. The van der Waals surface area contributed by atoms with E-state index in [1.807, 2.05) is 6.92 Å². The number of amides is 1. The summed E-state index contributed by atoms with van der Waals surface area (Å²) < 4.78 is 0. The van der Waals surface area contributed by atoms with Gasteiger partial charge in [0.1, 0.15) is 16.5 Å². The van der Waals surface area contributed by atoms with Crippen LogP contribution in [0.15, 0.2) is 5.38 Å². The van der Waals surface area contributed by atoms with E-state index in [4.69, 9.17) is 5.73 Å². The number of nitrogens with zero attached hydrogens (tertiary/aromatic N) is 3. The normalized spacial score (nSPS) is 19.1. The summed E-state index contributed by atoms with van der Waals surface area (Å²) in [7, 11) is 0. The molecule has 1 saturated heterocycles. The number of hydrogen-bond acceptors (Lipinski definition) is 5. The Balaban J connectivity index is 2.08. The van der Waals surface area contributed by atoms with Gasteiger partial charge in [0.2, 0.25) is 5.91 Å². The van der Waals surface area contributed by atoms with Gasteiger partial charge >= 0.3 is 0 Å². The van der Waals surface area contributed by atoms with Crippen molar-refractivity contribution in [2.24, 2.45) is 5.73 Å². The van der Waals surface area contributed by atoms with Crippen molar-refractivity contribution < 1.29 is 4.79 Å². The van der Waals surface area contributed by atoms with Crippen LogP contribution >= 0.6 is 11.3 Å². The highest BCUT2D eigenvalue weighted by atomic mass is 32.1. The topological polar surface area (TPSA) is 72.1 Å². The predicted octanol–water partition coefficient (Wildman–Crippen LogP) is 2.54. The lowest BCUT2D eigenvalue weighted by Crippen LogP contribution is -2.42. The van der Waals surface area contributed by atoms with Crippen molar-refractivity contribution in [3.63, 3.8) is 0 Å². The SMILES string of the molecule is Cc1nc(N2CCCC[C@H]2CC(N)=O)c2c(C)csc2n1. The summed E-state index contributed by atoms with van der Waals surface area (Å²) in [4.78, 5) is 23.9. The highest BCUT2D eigenvalue weighted by molar-refractivity contribution is 7.17. The van der Waals surface area contributed by atoms with Crippen molar-refractivity contribution in [2.75, 3.05) is 11.4 Å². The third-order valence-electron chi connectivity index (χ3n) is 4.05. The van der Waals surface area contributed by atoms with Gasteiger partial charge in [-0.3, -0.25) is 4.79 Å². The summed E-state index contributed by atoms with van der Waals surface area (Å²) in [6.07, 6.45) is 3.66. The van der Waals surface area contributed by atoms with E-state index >= 15 is 0 Å². The molecule has 0 radical (unpaired) electrons. The second-order valence-electron chi connectivity index (χ2n) is 5.71. The Morgan fingerprint density at radius 2 is 2.24 bits per heavy atom. The van der Waals surface area contributed by atoms with E-state index in [2.05, 4.69) is 27.2 Å². The Labute approximate surface area is 128 Å². The molecule has 1 fully saturated rings. The van der Waals surface area contributed by atoms with Gasteiger partial charge in [-0.2, -0.15) is 0 Å². The molecule has 3 rings (SSSR count). The Morgan fingerprint density at radius 3 is 3.00 bits per heavy atom. The minimum absolute atomic E-state index is 0.160. The van der Waals surface area contributed by atoms with Gasteiger partial charge in [0, 0.05) is 19.0 Å². The molecule has 0 spiro atoms. The van der Waals surface area contributed by atoms with E-state index in [0.29, 0.717) is 6.42 Å². The molecule has 112 valence electrons. The molecule has 0 aromatic carbocycles. The summed E-state index contributed by atoms with van der Waals surface area (Å²) >= 11 is 1.65. The first-order valence-corrected chi connectivity index (χ1v) is 8.21. The highest BCUT2D eigenvalue weighted by Gasteiger charge is 2.27. The number of hydrogen-bond donors (Lipinski definition) is 1. The van der Waals surface area contributed by atoms with Gasteiger partial charge in [-0.15, -0.1) is 11.3 Å². The monoisotopic (exact) mass is 304 g/mol. The van der Waals surface area contributed by atoms with Crippen molar-refractivity contribution in [3.8, 4) is 0 Å². The number of fused-ring (bicyclic) bond motifs is 1. The zero-order valence-electron chi connectivity index (χ0n) is 12.4. The van der Waals surface area contributed by atoms with Crippen molar-refractivity contribution >= 4 is 33.3 Å². The fourth-order valence-electron chi connectivity index (χ4n) is 3.10. The van der Waals surface area contributed by atoms with Crippen LogP contribution < -0.4 is 10.6 Å². The van der Waals surface area contributed by atoms with Crippen LogP contribution in [-0.4, -0.2) is 28.5 Å². The standard InChI is InChI=1S/C15H20N4OS/c1-9-8-21-15-13(9)14(17-10(2)18-15)19-6-4-3-5-11(19)7-12(16)20/h8,11H,3-7H2,1-2H3,(H2,16,20)/t11-/m0/s1. The fourth-order valence-corrected chi connectivity index (χ4v) is 4.06. The number of aryl methyl sites for hydroxylation is 2. The quantitative estimate of drug-likeness (QED) is 0.946. The van der Waals surface area contributed by atoms with Gasteiger partial charge in [0.15, 0.2) is 0 Å². The van der Waals surface area contributed by atoms with Gasteiger partial charge in [0.25, 0.3) is 0 Å². The smallest absolute Gasteiger partial charge is 0.219 e. The summed E-state index contributed by atoms with van der Waals surface area (Å²) in [5, 5.41) is 3.25. The molecule has 2 N–H and O–H groups in total. The number of carbonyl (C=O) groups is 1. The van der Waals surface area contributed by atoms with E-state index in [-0.39, 0.29) is 11.9 Å². The maximum Gasteiger partial charge on any atom is 0.219 e. The zero-order chi connectivity index (χ0) is 15.0. The van der Waals surface area contributed by atoms with E-state index in [1.54, 1.807) is 11.3 Å². The molecule has 1 aliphatic heterocycles. The molecular formula is C15H20N4OS. The van der Waals surface area contributed by atoms with E-state index in [1.165, 1.54) is 5.56 Å². The molecule has 5 nitrogen and oxygen atoms in total. The first-order valence-electron chi connectivity index (χ1n) is 7.33. The van der Waals surface area contributed by atoms with Gasteiger partial charge in [-0.25, -0.2) is 9.97 Å². The van der Waals surface area contributed by atoms with Gasteiger partial charge in [-0.1, -0.05) is 0 Å². The Bertz CT molecular complexity index is 682. The molecule has 21 heavy (non-hydrogen) atoms. The van der Waals surface area contributed by atoms with Crippen LogP contribution in [-0.2, 0) is 4.79 Å². The second-order valence-corrected chi connectivity index (χ2v) is 6.56. The third kappa shape index (κ3) is 2.72. The molecule has 6 heteroatoms. The molecule has 3 heterocycles. The van der Waals surface area contributed by atoms with Crippen LogP contribution in [0.1, 0.15) is 37.1 Å². The summed E-state index contributed by atoms with van der Waals surface area (Å²) in [6, 6.07) is 0.160. The number of rotatable bonds is 3. The van der Waals surface area contributed by atoms with Crippen molar-refractivity contribution in [2.45, 2.75) is 45.6 Å². The molecule has 0 bridgehead atoms. The van der Waals surface area contributed by atoms with Crippen LogP contribution in [0.2, 0.25) is 0 Å². The summed E-state index contributed by atoms with van der Waals surface area (Å²) in [5.74, 6) is 1.51. The van der Waals surface area contributed by atoms with Crippen LogP contribution in [0.5, 0.6) is 0 Å². The maximum absolute atomic E-state index is 11.4. The molecule has 1 amide bonds. The average molecular weight is 304 g/mol. The molecule has 0 saturated carbocycles. The number of anilines is 1. The van der Waals surface area contributed by atoms with Gasteiger partial charge in [0.05, 0.1) is 5.39 Å². The minimum atomic E-state index is -0.240. The lowest BCUT2D eigenvalue weighted by molar-refractivity contribution is -0.118. The zero-order valence-corrected chi connectivity index (χ0v) is 13.2. The molecule has 0 aliphatic carbocycles. The summed E-state index contributed by atoms with van der Waals surface area (Å²) in [5.41, 5.74) is 6.62. The van der Waals surface area contributed by atoms with E-state index in [9.17, 15) is 4.79 Å². The molecule has 2 aromatic rings.